The highest BCUT2D eigenvalue weighted by atomic mass is 32.2. The monoisotopic (exact) mass is 398 g/mol. The molecule has 2 aromatic heterocycles. The van der Waals surface area contributed by atoms with E-state index in [0.29, 0.717) is 27.1 Å². The molecule has 28 heavy (non-hydrogen) atoms. The molecule has 142 valence electrons. The molecule has 0 atom stereocenters. The Hall–Kier alpha value is -2.74. The lowest BCUT2D eigenvalue weighted by Crippen LogP contribution is -2.22. The summed E-state index contributed by atoms with van der Waals surface area (Å²) in [5.74, 6) is 0.474. The molecule has 0 aliphatic heterocycles. The maximum Gasteiger partial charge on any atom is 0.320 e. The first-order valence-corrected chi connectivity index (χ1v) is 10.00. The van der Waals surface area contributed by atoms with Crippen molar-refractivity contribution in [3.63, 3.8) is 0 Å². The normalized spacial score (nSPS) is 14.4. The minimum atomic E-state index is -2.68. The Morgan fingerprint density at radius 1 is 1.04 bits per heavy atom. The van der Waals surface area contributed by atoms with Crippen LogP contribution in [0.2, 0.25) is 0 Å². The van der Waals surface area contributed by atoms with Crippen molar-refractivity contribution in [2.24, 2.45) is 0 Å². The van der Waals surface area contributed by atoms with Gasteiger partial charge in [-0.3, -0.25) is 13.9 Å². The number of hydrogen-bond acceptors (Lipinski definition) is 4. The number of fused-ring (bicyclic) bond motifs is 2. The van der Waals surface area contributed by atoms with E-state index in [1.165, 1.54) is 11.8 Å². The van der Waals surface area contributed by atoms with Crippen molar-refractivity contribution in [3.8, 4) is 0 Å². The van der Waals surface area contributed by atoms with E-state index in [1.54, 1.807) is 41.0 Å². The van der Waals surface area contributed by atoms with E-state index in [4.69, 9.17) is 0 Å². The number of aromatic nitrogens is 4. The van der Waals surface area contributed by atoms with Crippen molar-refractivity contribution >= 4 is 33.7 Å². The first-order chi connectivity index (χ1) is 13.6. The van der Waals surface area contributed by atoms with E-state index in [9.17, 15) is 13.6 Å². The second-order valence-corrected chi connectivity index (χ2v) is 7.71. The van der Waals surface area contributed by atoms with Gasteiger partial charge in [-0.25, -0.2) is 9.97 Å². The zero-order valence-corrected chi connectivity index (χ0v) is 15.6. The number of para-hydroxylation sites is 3. The van der Waals surface area contributed by atoms with Crippen LogP contribution in [-0.4, -0.2) is 19.1 Å². The molecule has 0 bridgehead atoms. The molecule has 0 N–H and O–H groups in total. The van der Waals surface area contributed by atoms with Crippen LogP contribution in [0.4, 0.5) is 8.78 Å². The molecule has 0 saturated heterocycles. The van der Waals surface area contributed by atoms with Gasteiger partial charge in [-0.05, 0) is 37.1 Å². The third-order valence-electron chi connectivity index (χ3n) is 4.88. The summed E-state index contributed by atoms with van der Waals surface area (Å²) in [5.41, 5.74) is 1.48. The van der Waals surface area contributed by atoms with Crippen LogP contribution in [0.5, 0.6) is 0 Å². The fourth-order valence-electron chi connectivity index (χ4n) is 3.43. The number of rotatable bonds is 5. The molecule has 5 rings (SSSR count). The molecule has 4 aromatic rings. The highest BCUT2D eigenvalue weighted by Crippen LogP contribution is 2.37. The molecular weight excluding hydrogens is 382 g/mol. The Morgan fingerprint density at radius 2 is 1.75 bits per heavy atom. The minimum absolute atomic E-state index is 0.0713. The lowest BCUT2D eigenvalue weighted by atomic mass is 10.2. The van der Waals surface area contributed by atoms with E-state index >= 15 is 0 Å². The van der Waals surface area contributed by atoms with Gasteiger partial charge in [0.1, 0.15) is 5.82 Å². The predicted molar refractivity (Wildman–Crippen MR) is 105 cm³/mol. The van der Waals surface area contributed by atoms with E-state index in [0.717, 1.165) is 17.4 Å². The summed E-state index contributed by atoms with van der Waals surface area (Å²) in [6.45, 7) is -2.68. The first kappa shape index (κ1) is 17.4. The van der Waals surface area contributed by atoms with Gasteiger partial charge in [0.15, 0.2) is 5.16 Å². The molecule has 8 heteroatoms. The summed E-state index contributed by atoms with van der Waals surface area (Å²) in [6.07, 6.45) is 1.87. The quantitative estimate of drug-likeness (QED) is 0.359. The van der Waals surface area contributed by atoms with Crippen molar-refractivity contribution in [1.29, 1.82) is 0 Å². The Bertz CT molecular complexity index is 1250. The number of imidazole rings is 1. The highest BCUT2D eigenvalue weighted by Gasteiger charge is 2.29. The maximum absolute atomic E-state index is 13.6. The van der Waals surface area contributed by atoms with Crippen LogP contribution in [0.15, 0.2) is 58.5 Å². The topological polar surface area (TPSA) is 52.7 Å². The molecule has 5 nitrogen and oxygen atoms in total. The third-order valence-corrected chi connectivity index (χ3v) is 5.83. The second-order valence-electron chi connectivity index (χ2n) is 6.77. The Labute approximate surface area is 163 Å². The average Bonchev–Trinajstić information content (AvgIpc) is 3.45. The number of thioether (sulfide) groups is 1. The fraction of sp³-hybridized carbons (Fsp3) is 0.250. The number of alkyl halides is 2. The predicted octanol–water partition coefficient (Wildman–Crippen LogP) is 4.77. The molecule has 2 heterocycles. The Morgan fingerprint density at radius 3 is 2.50 bits per heavy atom. The van der Waals surface area contributed by atoms with Gasteiger partial charge in [0, 0.05) is 6.04 Å². The number of benzene rings is 2. The molecule has 1 fully saturated rings. The molecule has 1 saturated carbocycles. The zero-order chi connectivity index (χ0) is 19.3. The van der Waals surface area contributed by atoms with Gasteiger partial charge in [-0.2, -0.15) is 8.78 Å². The lowest BCUT2D eigenvalue weighted by Gasteiger charge is -2.13. The van der Waals surface area contributed by atoms with Gasteiger partial charge in [0.25, 0.3) is 5.56 Å². The summed E-state index contributed by atoms with van der Waals surface area (Å²) >= 11 is 1.28. The SMILES string of the molecule is O=c1c2ccccc2nc(SCc2nc3ccccc3n2C(F)F)n1C1CC1. The molecule has 0 radical (unpaired) electrons. The lowest BCUT2D eigenvalue weighted by molar-refractivity contribution is 0.0722. The van der Waals surface area contributed by atoms with E-state index < -0.39 is 6.55 Å². The van der Waals surface area contributed by atoms with Crippen LogP contribution in [0.25, 0.3) is 21.9 Å². The summed E-state index contributed by atoms with van der Waals surface area (Å²) in [7, 11) is 0. The minimum Gasteiger partial charge on any atom is -0.284 e. The van der Waals surface area contributed by atoms with Gasteiger partial charge < -0.3 is 0 Å². The van der Waals surface area contributed by atoms with Crippen LogP contribution in [0.3, 0.4) is 0 Å². The third kappa shape index (κ3) is 2.88. The molecular formula is C20H16F2N4OS. The Kier molecular flexibility index (Phi) is 4.16. The Balaban J connectivity index is 1.57. The number of nitrogens with zero attached hydrogens (tertiary/aromatic N) is 4. The van der Waals surface area contributed by atoms with Crippen LogP contribution >= 0.6 is 11.8 Å². The summed E-state index contributed by atoms with van der Waals surface area (Å²) in [4.78, 5) is 21.9. The smallest absolute Gasteiger partial charge is 0.284 e. The molecule has 0 amide bonds. The molecule has 2 aromatic carbocycles. The molecule has 0 spiro atoms. The van der Waals surface area contributed by atoms with Gasteiger partial charge in [-0.1, -0.05) is 36.0 Å². The summed E-state index contributed by atoms with van der Waals surface area (Å²) in [5, 5.41) is 1.14. The maximum atomic E-state index is 13.6. The van der Waals surface area contributed by atoms with E-state index in [2.05, 4.69) is 9.97 Å². The van der Waals surface area contributed by atoms with Gasteiger partial charge >= 0.3 is 6.55 Å². The van der Waals surface area contributed by atoms with Crippen LogP contribution < -0.4 is 5.56 Å². The summed E-state index contributed by atoms with van der Waals surface area (Å²) in [6, 6.07) is 14.2. The van der Waals surface area contributed by atoms with Crippen molar-refractivity contribution in [2.75, 3.05) is 0 Å². The largest absolute Gasteiger partial charge is 0.320 e. The van der Waals surface area contributed by atoms with Crippen LogP contribution in [-0.2, 0) is 5.75 Å². The molecule has 0 unspecified atom stereocenters. The second kappa shape index (κ2) is 6.70. The van der Waals surface area contributed by atoms with Crippen LogP contribution in [0, 0.1) is 0 Å². The molecule has 1 aliphatic rings. The van der Waals surface area contributed by atoms with Crippen LogP contribution in [0.1, 0.15) is 31.3 Å². The van der Waals surface area contributed by atoms with Crippen molar-refractivity contribution in [3.05, 3.63) is 64.7 Å². The van der Waals surface area contributed by atoms with Gasteiger partial charge in [0.2, 0.25) is 0 Å². The van der Waals surface area contributed by atoms with Crippen molar-refractivity contribution in [1.82, 2.24) is 19.1 Å². The summed E-state index contributed by atoms with van der Waals surface area (Å²) < 4.78 is 30.0. The van der Waals surface area contributed by atoms with Gasteiger partial charge in [-0.15, -0.1) is 0 Å². The standard InChI is InChI=1S/C20H16F2N4OS/c21-19(22)26-16-8-4-3-7-15(16)23-17(26)11-28-20-24-14-6-2-1-5-13(14)18(27)25(20)12-9-10-12/h1-8,12,19H,9-11H2. The average molecular weight is 398 g/mol. The number of hydrogen-bond donors (Lipinski definition) is 0. The highest BCUT2D eigenvalue weighted by molar-refractivity contribution is 7.98. The number of halogens is 2. The van der Waals surface area contributed by atoms with Crippen molar-refractivity contribution in [2.45, 2.75) is 36.3 Å². The van der Waals surface area contributed by atoms with Gasteiger partial charge in [0.05, 0.1) is 27.7 Å². The first-order valence-electron chi connectivity index (χ1n) is 9.01. The fourth-order valence-corrected chi connectivity index (χ4v) is 4.42. The molecule has 1 aliphatic carbocycles. The zero-order valence-electron chi connectivity index (χ0n) is 14.8. The van der Waals surface area contributed by atoms with E-state index in [-0.39, 0.29) is 23.2 Å². The van der Waals surface area contributed by atoms with E-state index in [1.807, 2.05) is 12.1 Å². The van der Waals surface area contributed by atoms with Crippen molar-refractivity contribution < 1.29 is 8.78 Å².